The van der Waals surface area contributed by atoms with Crippen LogP contribution in [0.2, 0.25) is 0 Å². The number of hydrogen-bond donors (Lipinski definition) is 2. The molecule has 2 rings (SSSR count). The van der Waals surface area contributed by atoms with Gasteiger partial charge in [-0.2, -0.15) is 0 Å². The van der Waals surface area contributed by atoms with Gasteiger partial charge in [-0.1, -0.05) is 0 Å². The van der Waals surface area contributed by atoms with Crippen molar-refractivity contribution in [2.45, 2.75) is 20.4 Å². The number of hydrogen-bond acceptors (Lipinski definition) is 3. The average molecular weight is 288 g/mol. The first-order valence-corrected chi connectivity index (χ1v) is 7.07. The molecule has 1 aromatic heterocycles. The fourth-order valence-corrected chi connectivity index (χ4v) is 2.54. The van der Waals surface area contributed by atoms with Gasteiger partial charge in [0.05, 0.1) is 6.54 Å². The van der Waals surface area contributed by atoms with Crippen molar-refractivity contribution < 1.29 is 9.59 Å². The van der Waals surface area contributed by atoms with Crippen LogP contribution in [-0.2, 0) is 6.54 Å². The third-order valence-corrected chi connectivity index (χ3v) is 3.77. The van der Waals surface area contributed by atoms with Gasteiger partial charge in [0.1, 0.15) is 0 Å². The van der Waals surface area contributed by atoms with Crippen LogP contribution in [0.15, 0.2) is 36.4 Å². The van der Waals surface area contributed by atoms with E-state index in [0.29, 0.717) is 17.8 Å². The summed E-state index contributed by atoms with van der Waals surface area (Å²) in [5.74, 6) is 0.00840. The van der Waals surface area contributed by atoms with Gasteiger partial charge < -0.3 is 10.6 Å². The van der Waals surface area contributed by atoms with Crippen molar-refractivity contribution in [3.8, 4) is 0 Å². The number of thiophene rings is 1. The second kappa shape index (κ2) is 6.34. The molecule has 0 aliphatic rings. The quantitative estimate of drug-likeness (QED) is 0.845. The zero-order valence-corrected chi connectivity index (χ0v) is 12.2. The van der Waals surface area contributed by atoms with E-state index in [1.165, 1.54) is 11.8 Å². The fourth-order valence-electron chi connectivity index (χ4n) is 1.71. The Bertz CT molecular complexity index is 617. The van der Waals surface area contributed by atoms with Gasteiger partial charge in [-0.05, 0) is 50.2 Å². The molecule has 0 aliphatic heterocycles. The predicted octanol–water partition coefficient (Wildman–Crippen LogP) is 3.58. The van der Waals surface area contributed by atoms with E-state index >= 15 is 0 Å². The number of urea groups is 1. The largest absolute Gasteiger partial charge is 0.333 e. The van der Waals surface area contributed by atoms with E-state index in [1.54, 1.807) is 35.6 Å². The highest BCUT2D eigenvalue weighted by Crippen LogP contribution is 2.14. The first-order valence-electron chi connectivity index (χ1n) is 6.26. The summed E-state index contributed by atoms with van der Waals surface area (Å²) < 4.78 is 0. The van der Waals surface area contributed by atoms with Gasteiger partial charge in [-0.15, -0.1) is 11.3 Å². The summed E-state index contributed by atoms with van der Waals surface area (Å²) in [5, 5.41) is 5.52. The standard InChI is InChI=1S/C15H16N2O2S/c1-10-3-8-14(20-10)9-16-15(19)17-13-6-4-12(5-7-13)11(2)18/h3-8H,9H2,1-2H3,(H2,16,17,19). The molecule has 4 nitrogen and oxygen atoms in total. The number of benzene rings is 1. The van der Waals surface area contributed by atoms with Crippen LogP contribution in [0.25, 0.3) is 0 Å². The monoisotopic (exact) mass is 288 g/mol. The Morgan fingerprint density at radius 2 is 1.80 bits per heavy atom. The van der Waals surface area contributed by atoms with Crippen LogP contribution in [-0.4, -0.2) is 11.8 Å². The maximum atomic E-state index is 11.7. The molecule has 0 saturated carbocycles. The summed E-state index contributed by atoms with van der Waals surface area (Å²) in [4.78, 5) is 25.2. The van der Waals surface area contributed by atoms with Gasteiger partial charge in [-0.3, -0.25) is 4.79 Å². The molecule has 0 fully saturated rings. The molecule has 5 heteroatoms. The van der Waals surface area contributed by atoms with Crippen molar-refractivity contribution in [3.63, 3.8) is 0 Å². The fraction of sp³-hybridized carbons (Fsp3) is 0.200. The molecule has 0 unspecified atom stereocenters. The number of anilines is 1. The van der Waals surface area contributed by atoms with E-state index in [0.717, 1.165) is 4.88 Å². The molecular weight excluding hydrogens is 272 g/mol. The van der Waals surface area contributed by atoms with E-state index in [4.69, 9.17) is 0 Å². The number of amides is 2. The van der Waals surface area contributed by atoms with Crippen molar-refractivity contribution in [2.75, 3.05) is 5.32 Å². The minimum absolute atomic E-state index is 0.00840. The van der Waals surface area contributed by atoms with Gasteiger partial charge in [0.15, 0.2) is 5.78 Å². The molecule has 0 spiro atoms. The Hall–Kier alpha value is -2.14. The zero-order chi connectivity index (χ0) is 14.5. The summed E-state index contributed by atoms with van der Waals surface area (Å²) >= 11 is 1.66. The molecule has 0 radical (unpaired) electrons. The maximum Gasteiger partial charge on any atom is 0.319 e. The summed E-state index contributed by atoms with van der Waals surface area (Å²) in [6.45, 7) is 4.05. The van der Waals surface area contributed by atoms with Crippen molar-refractivity contribution in [1.29, 1.82) is 0 Å². The second-order valence-corrected chi connectivity index (χ2v) is 5.83. The smallest absolute Gasteiger partial charge is 0.319 e. The number of nitrogens with one attached hydrogen (secondary N) is 2. The number of Topliss-reactive ketones (excluding diaryl/α,β-unsaturated/α-hetero) is 1. The van der Waals surface area contributed by atoms with Gasteiger partial charge in [0.25, 0.3) is 0 Å². The molecule has 2 aromatic rings. The van der Waals surface area contributed by atoms with Crippen molar-refractivity contribution in [1.82, 2.24) is 5.32 Å². The van der Waals surface area contributed by atoms with E-state index in [1.807, 2.05) is 19.1 Å². The topological polar surface area (TPSA) is 58.2 Å². The Morgan fingerprint density at radius 1 is 1.10 bits per heavy atom. The third-order valence-electron chi connectivity index (χ3n) is 2.77. The van der Waals surface area contributed by atoms with E-state index in [9.17, 15) is 9.59 Å². The minimum Gasteiger partial charge on any atom is -0.333 e. The maximum absolute atomic E-state index is 11.7. The van der Waals surface area contributed by atoms with Crippen LogP contribution >= 0.6 is 11.3 Å². The van der Waals surface area contributed by atoms with E-state index < -0.39 is 0 Å². The Kier molecular flexibility index (Phi) is 4.53. The molecule has 104 valence electrons. The number of carbonyl (C=O) groups excluding carboxylic acids is 2. The van der Waals surface area contributed by atoms with Crippen molar-refractivity contribution in [3.05, 3.63) is 51.7 Å². The summed E-state index contributed by atoms with van der Waals surface area (Å²) in [6.07, 6.45) is 0. The van der Waals surface area contributed by atoms with Gasteiger partial charge in [0.2, 0.25) is 0 Å². The number of rotatable bonds is 4. The molecule has 1 aromatic carbocycles. The highest BCUT2D eigenvalue weighted by atomic mass is 32.1. The molecule has 1 heterocycles. The van der Waals surface area contributed by atoms with Crippen LogP contribution in [0, 0.1) is 6.92 Å². The van der Waals surface area contributed by atoms with Crippen molar-refractivity contribution >= 4 is 28.8 Å². The summed E-state index contributed by atoms with van der Waals surface area (Å²) in [6, 6.07) is 10.6. The number of ketones is 1. The highest BCUT2D eigenvalue weighted by Gasteiger charge is 2.04. The molecule has 0 saturated heterocycles. The van der Waals surface area contributed by atoms with Gasteiger partial charge in [-0.25, -0.2) is 4.79 Å². The van der Waals surface area contributed by atoms with Crippen LogP contribution in [0.5, 0.6) is 0 Å². The summed E-state index contributed by atoms with van der Waals surface area (Å²) in [7, 11) is 0. The lowest BCUT2D eigenvalue weighted by Gasteiger charge is -2.07. The van der Waals surface area contributed by atoms with Crippen molar-refractivity contribution in [2.24, 2.45) is 0 Å². The molecule has 0 aliphatic carbocycles. The second-order valence-electron chi connectivity index (χ2n) is 4.45. The zero-order valence-electron chi connectivity index (χ0n) is 11.4. The number of carbonyl (C=O) groups is 2. The molecule has 20 heavy (non-hydrogen) atoms. The van der Waals surface area contributed by atoms with Crippen LogP contribution in [0.4, 0.5) is 10.5 Å². The first-order chi connectivity index (χ1) is 9.54. The Labute approximate surface area is 121 Å². The molecule has 0 bridgehead atoms. The lowest BCUT2D eigenvalue weighted by atomic mass is 10.1. The third kappa shape index (κ3) is 3.93. The lowest BCUT2D eigenvalue weighted by Crippen LogP contribution is -2.27. The van der Waals surface area contributed by atoms with Gasteiger partial charge in [0, 0.05) is 21.0 Å². The molecule has 2 N–H and O–H groups in total. The Morgan fingerprint density at radius 3 is 2.35 bits per heavy atom. The van der Waals surface area contributed by atoms with Gasteiger partial charge >= 0.3 is 6.03 Å². The predicted molar refractivity (Wildman–Crippen MR) is 81.4 cm³/mol. The average Bonchev–Trinajstić information content (AvgIpc) is 2.83. The van der Waals surface area contributed by atoms with E-state index in [-0.39, 0.29) is 11.8 Å². The van der Waals surface area contributed by atoms with Crippen LogP contribution in [0.3, 0.4) is 0 Å². The molecule has 2 amide bonds. The lowest BCUT2D eigenvalue weighted by molar-refractivity contribution is 0.101. The SMILES string of the molecule is CC(=O)c1ccc(NC(=O)NCc2ccc(C)s2)cc1. The normalized spacial score (nSPS) is 10.1. The molecular formula is C15H16N2O2S. The minimum atomic E-state index is -0.258. The number of aryl methyl sites for hydroxylation is 1. The van der Waals surface area contributed by atoms with Crippen LogP contribution < -0.4 is 10.6 Å². The molecule has 0 atom stereocenters. The first kappa shape index (κ1) is 14.3. The Balaban J connectivity index is 1.86. The summed E-state index contributed by atoms with van der Waals surface area (Å²) in [5.41, 5.74) is 1.29. The van der Waals surface area contributed by atoms with Crippen LogP contribution in [0.1, 0.15) is 27.0 Å². The van der Waals surface area contributed by atoms with E-state index in [2.05, 4.69) is 10.6 Å². The highest BCUT2D eigenvalue weighted by molar-refractivity contribution is 7.11.